The number of rotatable bonds is 6. The average Bonchev–Trinajstić information content (AvgIpc) is 3.23. The molecule has 3 heterocycles. The third-order valence-corrected chi connectivity index (χ3v) is 8.63. The summed E-state index contributed by atoms with van der Waals surface area (Å²) in [4.78, 5) is 37.9. The maximum Gasteiger partial charge on any atom is 0.341 e. The number of esters is 1. The molecule has 0 spiro atoms. The number of aryl methyl sites for hydroxylation is 4. The van der Waals surface area contributed by atoms with Crippen LogP contribution >= 0.6 is 34.4 Å². The van der Waals surface area contributed by atoms with E-state index in [1.165, 1.54) is 46.4 Å². The Labute approximate surface area is 193 Å². The molecule has 0 aliphatic heterocycles. The summed E-state index contributed by atoms with van der Waals surface area (Å²) in [6, 6.07) is 0. The summed E-state index contributed by atoms with van der Waals surface area (Å²) in [5, 5.41) is 5.47. The lowest BCUT2D eigenvalue weighted by atomic mass is 9.97. The van der Waals surface area contributed by atoms with E-state index in [1.54, 1.807) is 18.3 Å². The summed E-state index contributed by atoms with van der Waals surface area (Å²) in [6.07, 6.45) is 4.57. The van der Waals surface area contributed by atoms with E-state index >= 15 is 0 Å². The second kappa shape index (κ2) is 9.26. The Bertz CT molecular complexity index is 1170. The lowest BCUT2D eigenvalue weighted by molar-refractivity contribution is -0.113. The highest BCUT2D eigenvalue weighted by Crippen LogP contribution is 2.40. The van der Waals surface area contributed by atoms with Crippen molar-refractivity contribution in [1.29, 1.82) is 0 Å². The molecule has 3 aromatic rings. The zero-order valence-corrected chi connectivity index (χ0v) is 20.5. The van der Waals surface area contributed by atoms with Gasteiger partial charge in [0.2, 0.25) is 5.91 Å². The van der Waals surface area contributed by atoms with Crippen LogP contribution in [0.1, 0.15) is 56.8 Å². The van der Waals surface area contributed by atoms with Gasteiger partial charge in [0.1, 0.15) is 20.7 Å². The Kier molecular flexibility index (Phi) is 6.64. The largest absolute Gasteiger partial charge is 0.462 e. The molecule has 0 radical (unpaired) electrons. The predicted octanol–water partition coefficient (Wildman–Crippen LogP) is 5.46. The molecule has 0 unspecified atom stereocenters. The summed E-state index contributed by atoms with van der Waals surface area (Å²) in [6.45, 7) is 7.78. The average molecular weight is 476 g/mol. The summed E-state index contributed by atoms with van der Waals surface area (Å²) in [7, 11) is 0. The van der Waals surface area contributed by atoms with Crippen molar-refractivity contribution in [2.24, 2.45) is 0 Å². The van der Waals surface area contributed by atoms with Gasteiger partial charge in [-0.25, -0.2) is 14.8 Å². The van der Waals surface area contributed by atoms with E-state index in [4.69, 9.17) is 4.74 Å². The van der Waals surface area contributed by atoms with Crippen molar-refractivity contribution in [2.75, 3.05) is 17.7 Å². The Balaban J connectivity index is 1.54. The molecule has 0 aromatic carbocycles. The number of aromatic nitrogens is 2. The number of carbonyl (C=O) groups excluding carboxylic acids is 2. The van der Waals surface area contributed by atoms with Gasteiger partial charge in [0.25, 0.3) is 0 Å². The van der Waals surface area contributed by atoms with Crippen LogP contribution in [0.2, 0.25) is 0 Å². The van der Waals surface area contributed by atoms with Crippen LogP contribution in [0, 0.1) is 20.8 Å². The molecule has 0 saturated carbocycles. The monoisotopic (exact) mass is 475 g/mol. The van der Waals surface area contributed by atoms with Crippen molar-refractivity contribution in [2.45, 2.75) is 58.4 Å². The van der Waals surface area contributed by atoms with E-state index in [1.807, 2.05) is 20.8 Å². The first-order chi connectivity index (χ1) is 14.9. The van der Waals surface area contributed by atoms with Gasteiger partial charge in [-0.2, -0.15) is 0 Å². The van der Waals surface area contributed by atoms with Gasteiger partial charge < -0.3 is 10.1 Å². The van der Waals surface area contributed by atoms with Gasteiger partial charge in [0.15, 0.2) is 0 Å². The van der Waals surface area contributed by atoms with E-state index < -0.39 is 5.97 Å². The Morgan fingerprint density at radius 2 is 1.90 bits per heavy atom. The minimum atomic E-state index is -0.398. The van der Waals surface area contributed by atoms with Gasteiger partial charge in [0.05, 0.1) is 17.9 Å². The van der Waals surface area contributed by atoms with Crippen LogP contribution < -0.4 is 5.32 Å². The fourth-order valence-electron chi connectivity index (χ4n) is 3.79. The molecular formula is C22H25N3O3S3. The van der Waals surface area contributed by atoms with Crippen molar-refractivity contribution >= 4 is 61.5 Å². The number of amides is 1. The molecule has 4 rings (SSSR count). The van der Waals surface area contributed by atoms with Gasteiger partial charge in [-0.05, 0) is 64.5 Å². The van der Waals surface area contributed by atoms with Gasteiger partial charge in [-0.3, -0.25) is 4.79 Å². The number of anilines is 1. The van der Waals surface area contributed by atoms with E-state index in [0.717, 1.165) is 44.3 Å². The molecule has 164 valence electrons. The van der Waals surface area contributed by atoms with Crippen molar-refractivity contribution in [1.82, 2.24) is 9.97 Å². The summed E-state index contributed by atoms with van der Waals surface area (Å²) in [5.74, 6) is 0.382. The number of hydrogen-bond acceptors (Lipinski definition) is 8. The van der Waals surface area contributed by atoms with E-state index in [0.29, 0.717) is 17.2 Å². The SMILES string of the molecule is CCOC(=O)c1c(NC(=O)CSc2nc(C)nc3sc4c(c23)CCCC4)sc(C)c1C. The first-order valence-electron chi connectivity index (χ1n) is 10.4. The summed E-state index contributed by atoms with van der Waals surface area (Å²) >= 11 is 4.60. The highest BCUT2D eigenvalue weighted by atomic mass is 32.2. The number of carbonyl (C=O) groups is 2. The third kappa shape index (κ3) is 4.49. The number of fused-ring (bicyclic) bond motifs is 3. The number of thioether (sulfide) groups is 1. The minimum Gasteiger partial charge on any atom is -0.462 e. The molecule has 0 fully saturated rings. The van der Waals surface area contributed by atoms with Crippen molar-refractivity contribution in [3.05, 3.63) is 32.3 Å². The lowest BCUT2D eigenvalue weighted by Crippen LogP contribution is -2.16. The normalized spacial score (nSPS) is 13.3. The van der Waals surface area contributed by atoms with Crippen LogP contribution in [0.3, 0.4) is 0 Å². The topological polar surface area (TPSA) is 81.2 Å². The number of ether oxygens (including phenoxy) is 1. The molecule has 1 N–H and O–H groups in total. The molecule has 0 saturated heterocycles. The quantitative estimate of drug-likeness (QED) is 0.289. The molecule has 6 nitrogen and oxygen atoms in total. The molecular weight excluding hydrogens is 450 g/mol. The van der Waals surface area contributed by atoms with Crippen molar-refractivity contribution < 1.29 is 14.3 Å². The van der Waals surface area contributed by atoms with Crippen LogP contribution in [0.25, 0.3) is 10.2 Å². The highest BCUT2D eigenvalue weighted by Gasteiger charge is 2.24. The maximum atomic E-state index is 12.8. The van der Waals surface area contributed by atoms with E-state index in [2.05, 4.69) is 15.3 Å². The molecule has 1 amide bonds. The molecule has 1 aliphatic rings. The van der Waals surface area contributed by atoms with Crippen LogP contribution in [0.4, 0.5) is 5.00 Å². The van der Waals surface area contributed by atoms with Crippen molar-refractivity contribution in [3.8, 4) is 0 Å². The summed E-state index contributed by atoms with van der Waals surface area (Å²) < 4.78 is 5.17. The second-order valence-corrected chi connectivity index (χ2v) is 10.8. The Hall–Kier alpha value is -1.97. The van der Waals surface area contributed by atoms with Gasteiger partial charge in [0, 0.05) is 15.1 Å². The number of hydrogen-bond donors (Lipinski definition) is 1. The van der Waals surface area contributed by atoms with Crippen LogP contribution in [0.15, 0.2) is 5.03 Å². The standard InChI is InChI=1S/C22H25N3O3S3/c1-5-28-22(27)17-11(2)12(3)30-20(17)25-16(26)10-29-19-18-14-8-6-7-9-15(14)31-21(18)24-13(4)23-19/h5-10H2,1-4H3,(H,25,26). The molecule has 3 aromatic heterocycles. The van der Waals surface area contributed by atoms with E-state index in [-0.39, 0.29) is 11.7 Å². The molecule has 1 aliphatic carbocycles. The van der Waals surface area contributed by atoms with Gasteiger partial charge in [-0.15, -0.1) is 22.7 Å². The Morgan fingerprint density at radius 3 is 2.68 bits per heavy atom. The van der Waals surface area contributed by atoms with Crippen LogP contribution in [0.5, 0.6) is 0 Å². The zero-order valence-electron chi connectivity index (χ0n) is 18.1. The molecule has 0 atom stereocenters. The van der Waals surface area contributed by atoms with Crippen LogP contribution in [-0.4, -0.2) is 34.2 Å². The van der Waals surface area contributed by atoms with Crippen LogP contribution in [-0.2, 0) is 22.4 Å². The van der Waals surface area contributed by atoms with Gasteiger partial charge in [-0.1, -0.05) is 11.8 Å². The first kappa shape index (κ1) is 22.2. The lowest BCUT2D eigenvalue weighted by Gasteiger charge is -2.12. The first-order valence-corrected chi connectivity index (χ1v) is 13.0. The predicted molar refractivity (Wildman–Crippen MR) is 128 cm³/mol. The fourth-order valence-corrected chi connectivity index (χ4v) is 7.13. The molecule has 9 heteroatoms. The van der Waals surface area contributed by atoms with E-state index in [9.17, 15) is 9.59 Å². The number of nitrogens with zero attached hydrogens (tertiary/aromatic N) is 2. The van der Waals surface area contributed by atoms with Gasteiger partial charge >= 0.3 is 5.97 Å². The molecule has 31 heavy (non-hydrogen) atoms. The smallest absolute Gasteiger partial charge is 0.341 e. The van der Waals surface area contributed by atoms with Crippen molar-refractivity contribution in [3.63, 3.8) is 0 Å². The maximum absolute atomic E-state index is 12.8. The molecule has 0 bridgehead atoms. The highest BCUT2D eigenvalue weighted by molar-refractivity contribution is 8.00. The summed E-state index contributed by atoms with van der Waals surface area (Å²) in [5.41, 5.74) is 2.67. The second-order valence-electron chi connectivity index (χ2n) is 7.51. The number of thiophene rings is 2. The fraction of sp³-hybridized carbons (Fsp3) is 0.455. The Morgan fingerprint density at radius 1 is 1.13 bits per heavy atom. The minimum absolute atomic E-state index is 0.162. The third-order valence-electron chi connectivity index (χ3n) is 5.35. The zero-order chi connectivity index (χ0) is 22.1. The number of nitrogens with one attached hydrogen (secondary N) is 1.